The van der Waals surface area contributed by atoms with E-state index in [9.17, 15) is 9.59 Å². The first-order valence-corrected chi connectivity index (χ1v) is 8.94. The molecule has 0 saturated carbocycles. The number of amides is 2. The lowest BCUT2D eigenvalue weighted by molar-refractivity contribution is -0.121. The Morgan fingerprint density at radius 1 is 0.741 bits per heavy atom. The molecule has 0 aliphatic rings. The van der Waals surface area contributed by atoms with Crippen LogP contribution in [0.3, 0.4) is 0 Å². The molecule has 0 heterocycles. The second kappa shape index (κ2) is 9.34. The Balaban J connectivity index is 1.67. The number of nitrogens with one attached hydrogen (secondary N) is 2. The zero-order valence-electron chi connectivity index (χ0n) is 15.0. The van der Waals surface area contributed by atoms with Crippen LogP contribution in [0.25, 0.3) is 0 Å². The Morgan fingerprint density at radius 2 is 1.30 bits per heavy atom. The van der Waals surface area contributed by atoms with E-state index in [4.69, 9.17) is 0 Å². The fourth-order valence-electron chi connectivity index (χ4n) is 2.82. The zero-order valence-corrected chi connectivity index (χ0v) is 15.0. The Hall–Kier alpha value is -3.40. The van der Waals surface area contributed by atoms with Gasteiger partial charge in [0.05, 0.1) is 12.5 Å². The van der Waals surface area contributed by atoms with Crippen molar-refractivity contribution in [3.05, 3.63) is 108 Å². The Labute approximate surface area is 159 Å². The van der Waals surface area contributed by atoms with Crippen molar-refractivity contribution >= 4 is 11.8 Å². The Kier molecular flexibility index (Phi) is 6.36. The molecule has 0 spiro atoms. The molecule has 0 aliphatic carbocycles. The van der Waals surface area contributed by atoms with Crippen LogP contribution < -0.4 is 10.6 Å². The number of hydrogen-bond donors (Lipinski definition) is 2. The minimum absolute atomic E-state index is 0.110. The van der Waals surface area contributed by atoms with E-state index in [0.29, 0.717) is 12.1 Å². The molecule has 4 heteroatoms. The molecule has 27 heavy (non-hydrogen) atoms. The van der Waals surface area contributed by atoms with Gasteiger partial charge in [-0.25, -0.2) is 0 Å². The summed E-state index contributed by atoms with van der Waals surface area (Å²) in [6.45, 7) is 0.466. The lowest BCUT2D eigenvalue weighted by atomic mass is 10.0. The van der Waals surface area contributed by atoms with Crippen LogP contribution in [-0.2, 0) is 11.3 Å². The van der Waals surface area contributed by atoms with Crippen LogP contribution in [0.4, 0.5) is 0 Å². The summed E-state index contributed by atoms with van der Waals surface area (Å²) < 4.78 is 0. The lowest BCUT2D eigenvalue weighted by Gasteiger charge is -2.19. The SMILES string of the molecule is O=C(C[C@@H](NC(=O)c1ccccc1)c1ccccc1)NCc1ccccc1. The third kappa shape index (κ3) is 5.54. The monoisotopic (exact) mass is 358 g/mol. The van der Waals surface area contributed by atoms with E-state index in [-0.39, 0.29) is 18.2 Å². The van der Waals surface area contributed by atoms with E-state index in [1.54, 1.807) is 12.1 Å². The maximum atomic E-state index is 12.5. The van der Waals surface area contributed by atoms with Crippen molar-refractivity contribution in [1.29, 1.82) is 0 Å². The van der Waals surface area contributed by atoms with Crippen LogP contribution in [0.5, 0.6) is 0 Å². The summed E-state index contributed by atoms with van der Waals surface area (Å²) in [7, 11) is 0. The van der Waals surface area contributed by atoms with Crippen LogP contribution in [0, 0.1) is 0 Å². The van der Waals surface area contributed by atoms with Gasteiger partial charge in [-0.1, -0.05) is 78.9 Å². The predicted molar refractivity (Wildman–Crippen MR) is 106 cm³/mol. The van der Waals surface area contributed by atoms with Gasteiger partial charge in [-0.15, -0.1) is 0 Å². The maximum absolute atomic E-state index is 12.5. The third-order valence-electron chi connectivity index (χ3n) is 4.27. The lowest BCUT2D eigenvalue weighted by Crippen LogP contribution is -2.33. The van der Waals surface area contributed by atoms with Crippen molar-refractivity contribution < 1.29 is 9.59 Å². The van der Waals surface area contributed by atoms with Crippen molar-refractivity contribution in [3.63, 3.8) is 0 Å². The number of benzene rings is 3. The number of carbonyl (C=O) groups is 2. The second-order valence-corrected chi connectivity index (χ2v) is 6.27. The van der Waals surface area contributed by atoms with Crippen LogP contribution in [0.2, 0.25) is 0 Å². The average molecular weight is 358 g/mol. The van der Waals surface area contributed by atoms with Gasteiger partial charge in [0.1, 0.15) is 0 Å². The molecule has 0 aromatic heterocycles. The number of carbonyl (C=O) groups excluding carboxylic acids is 2. The minimum Gasteiger partial charge on any atom is -0.352 e. The highest BCUT2D eigenvalue weighted by molar-refractivity contribution is 5.94. The van der Waals surface area contributed by atoms with Gasteiger partial charge in [0, 0.05) is 12.1 Å². The quantitative estimate of drug-likeness (QED) is 0.674. The van der Waals surface area contributed by atoms with Crippen LogP contribution >= 0.6 is 0 Å². The highest BCUT2D eigenvalue weighted by atomic mass is 16.2. The molecule has 3 rings (SSSR count). The highest BCUT2D eigenvalue weighted by Gasteiger charge is 2.19. The topological polar surface area (TPSA) is 58.2 Å². The molecule has 0 saturated heterocycles. The van der Waals surface area contributed by atoms with Gasteiger partial charge >= 0.3 is 0 Å². The summed E-state index contributed by atoms with van der Waals surface area (Å²) >= 11 is 0. The van der Waals surface area contributed by atoms with Gasteiger partial charge in [0.25, 0.3) is 5.91 Å². The standard InChI is InChI=1S/C23H22N2O2/c26-22(24-17-18-10-4-1-5-11-18)16-21(19-12-6-2-7-13-19)25-23(27)20-14-8-3-9-15-20/h1-15,21H,16-17H2,(H,24,26)(H,25,27)/t21-/m1/s1. The first-order chi connectivity index (χ1) is 13.2. The smallest absolute Gasteiger partial charge is 0.251 e. The van der Waals surface area contributed by atoms with Crippen molar-refractivity contribution in [3.8, 4) is 0 Å². The number of hydrogen-bond acceptors (Lipinski definition) is 2. The van der Waals surface area contributed by atoms with Crippen molar-refractivity contribution in [1.82, 2.24) is 10.6 Å². The third-order valence-corrected chi connectivity index (χ3v) is 4.27. The second-order valence-electron chi connectivity index (χ2n) is 6.27. The first kappa shape index (κ1) is 18.4. The van der Waals surface area contributed by atoms with Crippen LogP contribution in [0.1, 0.15) is 33.9 Å². The molecule has 0 fully saturated rings. The summed E-state index contributed by atoms with van der Waals surface area (Å²) in [5, 5.41) is 5.90. The van der Waals surface area contributed by atoms with E-state index in [0.717, 1.165) is 11.1 Å². The molecular formula is C23H22N2O2. The summed E-state index contributed by atoms with van der Waals surface area (Å²) in [4.78, 5) is 25.0. The van der Waals surface area contributed by atoms with Gasteiger partial charge in [0.2, 0.25) is 5.91 Å². The molecule has 2 amide bonds. The molecule has 3 aromatic carbocycles. The molecule has 0 aliphatic heterocycles. The fourth-order valence-corrected chi connectivity index (χ4v) is 2.82. The van der Waals surface area contributed by atoms with Crippen molar-refractivity contribution in [2.45, 2.75) is 19.0 Å². The fraction of sp³-hybridized carbons (Fsp3) is 0.130. The Bertz CT molecular complexity index is 865. The molecule has 136 valence electrons. The predicted octanol–water partition coefficient (Wildman–Crippen LogP) is 3.86. The van der Waals surface area contributed by atoms with Gasteiger partial charge in [-0.3, -0.25) is 9.59 Å². The van der Waals surface area contributed by atoms with E-state index in [2.05, 4.69) is 10.6 Å². The van der Waals surface area contributed by atoms with Crippen LogP contribution in [0.15, 0.2) is 91.0 Å². The summed E-state index contributed by atoms with van der Waals surface area (Å²) in [6, 6.07) is 27.9. The summed E-state index contributed by atoms with van der Waals surface area (Å²) in [5.41, 5.74) is 2.51. The van der Waals surface area contributed by atoms with Gasteiger partial charge < -0.3 is 10.6 Å². The highest BCUT2D eigenvalue weighted by Crippen LogP contribution is 2.17. The molecule has 0 radical (unpaired) electrons. The Morgan fingerprint density at radius 3 is 1.93 bits per heavy atom. The summed E-state index contributed by atoms with van der Waals surface area (Å²) in [5.74, 6) is -0.304. The molecule has 2 N–H and O–H groups in total. The van der Waals surface area contributed by atoms with Crippen LogP contribution in [-0.4, -0.2) is 11.8 Å². The maximum Gasteiger partial charge on any atom is 0.251 e. The van der Waals surface area contributed by atoms with Gasteiger partial charge in [-0.2, -0.15) is 0 Å². The van der Waals surface area contributed by atoms with Crippen molar-refractivity contribution in [2.75, 3.05) is 0 Å². The molecule has 1 atom stereocenters. The molecule has 0 unspecified atom stereocenters. The van der Waals surface area contributed by atoms with E-state index in [1.165, 1.54) is 0 Å². The first-order valence-electron chi connectivity index (χ1n) is 8.94. The van der Waals surface area contributed by atoms with E-state index < -0.39 is 6.04 Å². The normalized spacial score (nSPS) is 11.4. The molecule has 4 nitrogen and oxygen atoms in total. The zero-order chi connectivity index (χ0) is 18.9. The van der Waals surface area contributed by atoms with Crippen molar-refractivity contribution in [2.24, 2.45) is 0 Å². The average Bonchev–Trinajstić information content (AvgIpc) is 2.74. The van der Waals surface area contributed by atoms with E-state index in [1.807, 2.05) is 78.9 Å². The molecule has 3 aromatic rings. The van der Waals surface area contributed by atoms with Gasteiger partial charge in [-0.05, 0) is 23.3 Å². The van der Waals surface area contributed by atoms with Gasteiger partial charge in [0.15, 0.2) is 0 Å². The largest absolute Gasteiger partial charge is 0.352 e. The summed E-state index contributed by atoms with van der Waals surface area (Å²) in [6.07, 6.45) is 0.176. The minimum atomic E-state index is -0.394. The molecular weight excluding hydrogens is 336 g/mol. The van der Waals surface area contributed by atoms with E-state index >= 15 is 0 Å². The molecule has 0 bridgehead atoms. The number of rotatable bonds is 7.